The quantitative estimate of drug-likeness (QED) is 0.607. The van der Waals surface area contributed by atoms with Gasteiger partial charge in [0.1, 0.15) is 0 Å². The first-order valence-electron chi connectivity index (χ1n) is 8.48. The number of hydrogen-bond donors (Lipinski definition) is 1. The Morgan fingerprint density at radius 3 is 2.61 bits per heavy atom. The van der Waals surface area contributed by atoms with E-state index in [2.05, 4.69) is 4.72 Å². The summed E-state index contributed by atoms with van der Waals surface area (Å²) in [5.74, 6) is -0.282. The highest BCUT2D eigenvalue weighted by atomic mass is 35.5. The zero-order valence-corrected chi connectivity index (χ0v) is 17.5. The molecule has 3 aromatic rings. The number of rotatable bonds is 7. The lowest BCUT2D eigenvalue weighted by Crippen LogP contribution is -2.27. The van der Waals surface area contributed by atoms with Crippen LogP contribution in [0.25, 0.3) is 0 Å². The summed E-state index contributed by atoms with van der Waals surface area (Å²) < 4.78 is 27.7. The summed E-state index contributed by atoms with van der Waals surface area (Å²) in [6.07, 6.45) is 0. The van der Waals surface area contributed by atoms with Gasteiger partial charge in [-0.05, 0) is 41.3 Å². The highest BCUT2D eigenvalue weighted by Gasteiger charge is 2.18. The number of hydrogen-bond acceptors (Lipinski definition) is 4. The summed E-state index contributed by atoms with van der Waals surface area (Å²) in [6.45, 7) is 0.538. The first-order valence-corrected chi connectivity index (χ1v) is 11.2. The molecule has 3 rings (SSSR count). The van der Waals surface area contributed by atoms with Crippen molar-refractivity contribution in [2.45, 2.75) is 18.0 Å². The highest BCUT2D eigenvalue weighted by molar-refractivity contribution is 7.89. The molecule has 1 amide bonds. The van der Waals surface area contributed by atoms with E-state index in [-0.39, 0.29) is 17.3 Å². The third-order valence-corrected chi connectivity index (χ3v) is 6.76. The third kappa shape index (κ3) is 4.99. The van der Waals surface area contributed by atoms with Crippen LogP contribution in [0, 0.1) is 0 Å². The van der Waals surface area contributed by atoms with Crippen molar-refractivity contribution in [3.05, 3.63) is 87.1 Å². The third-order valence-electron chi connectivity index (χ3n) is 4.12. The predicted molar refractivity (Wildman–Crippen MR) is 112 cm³/mol. The van der Waals surface area contributed by atoms with E-state index in [0.29, 0.717) is 17.1 Å². The summed E-state index contributed by atoms with van der Waals surface area (Å²) >= 11 is 7.63. The summed E-state index contributed by atoms with van der Waals surface area (Å²) in [7, 11) is -2.06. The van der Waals surface area contributed by atoms with Crippen molar-refractivity contribution < 1.29 is 13.2 Å². The second-order valence-electron chi connectivity index (χ2n) is 6.18. The van der Waals surface area contributed by atoms with Crippen LogP contribution in [0.4, 0.5) is 0 Å². The Kier molecular flexibility index (Phi) is 6.51. The Morgan fingerprint density at radius 1 is 1.11 bits per heavy atom. The molecule has 0 aliphatic heterocycles. The molecule has 0 spiro atoms. The molecule has 1 heterocycles. The van der Waals surface area contributed by atoms with E-state index in [1.807, 2.05) is 35.7 Å². The van der Waals surface area contributed by atoms with Gasteiger partial charge in [0.25, 0.3) is 5.91 Å². The number of carbonyl (C=O) groups excluding carboxylic acids is 1. The van der Waals surface area contributed by atoms with E-state index in [4.69, 9.17) is 11.6 Å². The van der Waals surface area contributed by atoms with E-state index in [1.165, 1.54) is 28.4 Å². The molecule has 28 heavy (non-hydrogen) atoms. The summed E-state index contributed by atoms with van der Waals surface area (Å²) in [6, 6.07) is 17.0. The van der Waals surface area contributed by atoms with Crippen molar-refractivity contribution in [3.63, 3.8) is 0 Å². The van der Waals surface area contributed by atoms with Gasteiger partial charge in [-0.2, -0.15) is 0 Å². The minimum absolute atomic E-state index is 0.0565. The number of thiophene rings is 1. The smallest absolute Gasteiger partial charge is 0.253 e. The van der Waals surface area contributed by atoms with Gasteiger partial charge in [0.15, 0.2) is 0 Å². The number of amides is 1. The highest BCUT2D eigenvalue weighted by Crippen LogP contribution is 2.19. The van der Waals surface area contributed by atoms with Crippen LogP contribution < -0.4 is 4.72 Å². The lowest BCUT2D eigenvalue weighted by molar-refractivity contribution is 0.0785. The Bertz CT molecular complexity index is 1070. The standard InChI is InChI=1S/C20H19ClN2O3S2/c1-23(14-16-6-2-3-10-19(16)21)20(24)15-7-4-9-18(12-15)28(25,26)22-13-17-8-5-11-27-17/h2-12,22H,13-14H2,1H3. The molecule has 8 heteroatoms. The molecular formula is C20H19ClN2O3S2. The lowest BCUT2D eigenvalue weighted by Gasteiger charge is -2.18. The average molecular weight is 435 g/mol. The fourth-order valence-corrected chi connectivity index (χ4v) is 4.62. The van der Waals surface area contributed by atoms with Gasteiger partial charge in [-0.15, -0.1) is 11.3 Å². The van der Waals surface area contributed by atoms with Gasteiger partial charge >= 0.3 is 0 Å². The summed E-state index contributed by atoms with van der Waals surface area (Å²) in [5.41, 5.74) is 1.12. The van der Waals surface area contributed by atoms with Crippen molar-refractivity contribution >= 4 is 38.9 Å². The first-order chi connectivity index (χ1) is 13.4. The molecule has 0 bridgehead atoms. The monoisotopic (exact) mass is 434 g/mol. The van der Waals surface area contributed by atoms with E-state index >= 15 is 0 Å². The van der Waals surface area contributed by atoms with E-state index in [1.54, 1.807) is 25.2 Å². The van der Waals surface area contributed by atoms with Gasteiger partial charge in [0.05, 0.1) is 4.90 Å². The molecule has 0 atom stereocenters. The molecular weight excluding hydrogens is 416 g/mol. The van der Waals surface area contributed by atoms with Crippen LogP contribution in [0.1, 0.15) is 20.8 Å². The van der Waals surface area contributed by atoms with Gasteiger partial charge < -0.3 is 4.90 Å². The molecule has 0 aliphatic carbocycles. The lowest BCUT2D eigenvalue weighted by atomic mass is 10.1. The number of nitrogens with one attached hydrogen (secondary N) is 1. The van der Waals surface area contributed by atoms with Crippen LogP contribution in [-0.4, -0.2) is 26.3 Å². The van der Waals surface area contributed by atoms with Crippen molar-refractivity contribution in [2.24, 2.45) is 0 Å². The number of sulfonamides is 1. The molecule has 1 aromatic heterocycles. The number of nitrogens with zero attached hydrogens (tertiary/aromatic N) is 1. The minimum atomic E-state index is -3.72. The molecule has 1 N–H and O–H groups in total. The van der Waals surface area contributed by atoms with Crippen molar-refractivity contribution in [3.8, 4) is 0 Å². The van der Waals surface area contributed by atoms with Crippen LogP contribution >= 0.6 is 22.9 Å². The molecule has 0 radical (unpaired) electrons. The normalized spacial score (nSPS) is 11.4. The van der Waals surface area contributed by atoms with Crippen LogP contribution in [0.3, 0.4) is 0 Å². The fraction of sp³-hybridized carbons (Fsp3) is 0.150. The number of carbonyl (C=O) groups is 1. The SMILES string of the molecule is CN(Cc1ccccc1Cl)C(=O)c1cccc(S(=O)(=O)NCc2cccs2)c1. The number of halogens is 1. The van der Waals surface area contributed by atoms with Gasteiger partial charge in [0.2, 0.25) is 10.0 Å². The van der Waals surface area contributed by atoms with Crippen molar-refractivity contribution in [2.75, 3.05) is 7.05 Å². The molecule has 0 saturated carbocycles. The summed E-state index contributed by atoms with van der Waals surface area (Å²) in [5, 5.41) is 2.47. The molecule has 5 nitrogen and oxygen atoms in total. The molecule has 2 aromatic carbocycles. The van der Waals surface area contributed by atoms with Gasteiger partial charge in [-0.25, -0.2) is 13.1 Å². The number of benzene rings is 2. The van der Waals surface area contributed by atoms with Crippen molar-refractivity contribution in [1.82, 2.24) is 9.62 Å². The van der Waals surface area contributed by atoms with E-state index < -0.39 is 10.0 Å². The molecule has 0 aliphatic rings. The molecule has 0 fully saturated rings. The van der Waals surface area contributed by atoms with Crippen LogP contribution in [0.2, 0.25) is 5.02 Å². The largest absolute Gasteiger partial charge is 0.337 e. The predicted octanol–water partition coefficient (Wildman–Crippen LogP) is 4.15. The van der Waals surface area contributed by atoms with Crippen LogP contribution in [0.15, 0.2) is 70.9 Å². The average Bonchev–Trinajstić information content (AvgIpc) is 3.21. The molecule has 0 saturated heterocycles. The maximum absolute atomic E-state index is 12.8. The minimum Gasteiger partial charge on any atom is -0.337 e. The van der Waals surface area contributed by atoms with Crippen LogP contribution in [-0.2, 0) is 23.1 Å². The van der Waals surface area contributed by atoms with Crippen LogP contribution in [0.5, 0.6) is 0 Å². The maximum Gasteiger partial charge on any atom is 0.253 e. The fourth-order valence-electron chi connectivity index (χ4n) is 2.63. The second-order valence-corrected chi connectivity index (χ2v) is 9.39. The second kappa shape index (κ2) is 8.87. The first kappa shape index (κ1) is 20.5. The maximum atomic E-state index is 12.8. The van der Waals surface area contributed by atoms with Gasteiger partial charge in [-0.3, -0.25) is 4.79 Å². The Hall–Kier alpha value is -2.19. The Balaban J connectivity index is 1.74. The van der Waals surface area contributed by atoms with E-state index in [9.17, 15) is 13.2 Å². The summed E-state index contributed by atoms with van der Waals surface area (Å²) in [4.78, 5) is 15.2. The van der Waals surface area contributed by atoms with Gasteiger partial charge in [0, 0.05) is 35.6 Å². The Labute approximate surface area is 173 Å². The van der Waals surface area contributed by atoms with Crippen molar-refractivity contribution in [1.29, 1.82) is 0 Å². The van der Waals surface area contributed by atoms with E-state index in [0.717, 1.165) is 10.4 Å². The topological polar surface area (TPSA) is 66.5 Å². The molecule has 146 valence electrons. The zero-order valence-electron chi connectivity index (χ0n) is 15.1. The molecule has 0 unspecified atom stereocenters. The Morgan fingerprint density at radius 2 is 1.89 bits per heavy atom. The zero-order chi connectivity index (χ0) is 20.1. The van der Waals surface area contributed by atoms with Gasteiger partial charge in [-0.1, -0.05) is 41.9 Å².